The highest BCUT2D eigenvalue weighted by Gasteiger charge is 2.12. The summed E-state index contributed by atoms with van der Waals surface area (Å²) in [5.41, 5.74) is 2.71. The van der Waals surface area contributed by atoms with Crippen LogP contribution in [-0.2, 0) is 6.42 Å². The molecule has 1 atom stereocenters. The first-order valence-corrected chi connectivity index (χ1v) is 10.9. The maximum atomic E-state index is 4.39. The third-order valence-electron chi connectivity index (χ3n) is 5.46. The summed E-state index contributed by atoms with van der Waals surface area (Å²) < 4.78 is 0. The van der Waals surface area contributed by atoms with Crippen LogP contribution in [0.25, 0.3) is 0 Å². The zero-order chi connectivity index (χ0) is 20.4. The van der Waals surface area contributed by atoms with E-state index in [2.05, 4.69) is 77.5 Å². The number of aliphatic imine (C=N–C) groups is 1. The van der Waals surface area contributed by atoms with Crippen LogP contribution in [0.1, 0.15) is 50.8 Å². The van der Waals surface area contributed by atoms with Gasteiger partial charge in [0.25, 0.3) is 0 Å². The molecule has 1 heterocycles. The lowest BCUT2D eigenvalue weighted by atomic mass is 10.00. The van der Waals surface area contributed by atoms with Crippen LogP contribution >= 0.6 is 0 Å². The van der Waals surface area contributed by atoms with E-state index in [0.717, 1.165) is 31.9 Å². The molecule has 1 aliphatic heterocycles. The number of hydrogen-bond acceptors (Lipinski definition) is 3. The predicted octanol–water partition coefficient (Wildman–Crippen LogP) is 3.14. The number of nitrogens with one attached hydrogen (secondary N) is 2. The third kappa shape index (κ3) is 8.19. The Kier molecular flexibility index (Phi) is 9.79. The Hall–Kier alpha value is -1.59. The van der Waals surface area contributed by atoms with Crippen molar-refractivity contribution in [2.45, 2.75) is 46.1 Å². The van der Waals surface area contributed by atoms with E-state index in [1.165, 1.54) is 43.7 Å². The van der Waals surface area contributed by atoms with Gasteiger partial charge in [0.05, 0.1) is 6.04 Å². The molecular weight excluding hydrogens is 346 g/mol. The Morgan fingerprint density at radius 2 is 1.82 bits per heavy atom. The van der Waals surface area contributed by atoms with E-state index in [4.69, 9.17) is 0 Å². The molecule has 5 nitrogen and oxygen atoms in total. The average Bonchev–Trinajstić information content (AvgIpc) is 2.88. The highest BCUT2D eigenvalue weighted by Crippen LogP contribution is 2.15. The molecule has 158 valence electrons. The smallest absolute Gasteiger partial charge is 0.191 e. The first-order valence-electron chi connectivity index (χ1n) is 10.9. The lowest BCUT2D eigenvalue weighted by Crippen LogP contribution is -2.40. The number of rotatable bonds is 8. The first kappa shape index (κ1) is 22.7. The van der Waals surface area contributed by atoms with Crippen LogP contribution in [0.5, 0.6) is 0 Å². The molecule has 1 fully saturated rings. The minimum atomic E-state index is 0.237. The number of nitrogens with zero attached hydrogens (tertiary/aromatic N) is 3. The topological polar surface area (TPSA) is 42.9 Å². The maximum Gasteiger partial charge on any atom is 0.191 e. The van der Waals surface area contributed by atoms with Crippen molar-refractivity contribution in [3.05, 3.63) is 35.4 Å². The van der Waals surface area contributed by atoms with Crippen LogP contribution in [0.4, 0.5) is 0 Å². The van der Waals surface area contributed by atoms with E-state index in [1.54, 1.807) is 0 Å². The van der Waals surface area contributed by atoms with Gasteiger partial charge in [-0.2, -0.15) is 0 Å². The van der Waals surface area contributed by atoms with E-state index >= 15 is 0 Å². The van der Waals surface area contributed by atoms with Gasteiger partial charge >= 0.3 is 0 Å². The third-order valence-corrected chi connectivity index (χ3v) is 5.46. The molecule has 0 aliphatic carbocycles. The molecule has 1 aromatic rings. The molecule has 0 aromatic heterocycles. The van der Waals surface area contributed by atoms with E-state index < -0.39 is 0 Å². The van der Waals surface area contributed by atoms with Crippen LogP contribution in [0.2, 0.25) is 0 Å². The molecule has 0 amide bonds. The normalized spacial score (nSPS) is 18.1. The zero-order valence-electron chi connectivity index (χ0n) is 18.7. The van der Waals surface area contributed by atoms with Crippen molar-refractivity contribution in [1.29, 1.82) is 0 Å². The second kappa shape index (κ2) is 12.1. The summed E-state index contributed by atoms with van der Waals surface area (Å²) >= 11 is 0. The van der Waals surface area contributed by atoms with E-state index in [0.29, 0.717) is 5.92 Å². The van der Waals surface area contributed by atoms with Gasteiger partial charge in [0, 0.05) is 26.7 Å². The number of guanidine groups is 1. The van der Waals surface area contributed by atoms with Crippen molar-refractivity contribution in [2.75, 3.05) is 53.4 Å². The minimum Gasteiger partial charge on any atom is -0.356 e. The summed E-state index contributed by atoms with van der Waals surface area (Å²) in [5.74, 6) is 1.58. The van der Waals surface area contributed by atoms with Crippen molar-refractivity contribution >= 4 is 5.96 Å². The van der Waals surface area contributed by atoms with Crippen molar-refractivity contribution in [3.8, 4) is 0 Å². The lowest BCUT2D eigenvalue weighted by Gasteiger charge is -2.21. The molecule has 2 rings (SSSR count). The van der Waals surface area contributed by atoms with E-state index in [1.807, 2.05) is 7.05 Å². The maximum absolute atomic E-state index is 4.39. The summed E-state index contributed by atoms with van der Waals surface area (Å²) in [6, 6.07) is 9.21. The molecule has 1 aliphatic rings. The summed E-state index contributed by atoms with van der Waals surface area (Å²) in [5, 5.41) is 6.99. The quantitative estimate of drug-likeness (QED) is 0.409. The van der Waals surface area contributed by atoms with Gasteiger partial charge in [-0.1, -0.05) is 38.1 Å². The molecule has 28 heavy (non-hydrogen) atoms. The van der Waals surface area contributed by atoms with E-state index in [-0.39, 0.29) is 6.04 Å². The summed E-state index contributed by atoms with van der Waals surface area (Å²) in [7, 11) is 4.07. The standard InChI is InChI=1S/C23H41N5/c1-19(2)18-21-8-10-22(11-9-21)20(3)26-23(24-4)25-12-6-14-28-15-7-13-27(5)16-17-28/h8-11,19-20H,6-7,12-18H2,1-5H3,(H2,24,25,26). The molecular formula is C23H41N5. The fourth-order valence-electron chi connectivity index (χ4n) is 3.73. The first-order chi connectivity index (χ1) is 13.5. The van der Waals surface area contributed by atoms with Crippen molar-refractivity contribution in [1.82, 2.24) is 20.4 Å². The number of benzene rings is 1. The molecule has 0 radical (unpaired) electrons. The molecule has 1 saturated heterocycles. The largest absolute Gasteiger partial charge is 0.356 e. The van der Waals surface area contributed by atoms with Gasteiger partial charge in [-0.25, -0.2) is 0 Å². The lowest BCUT2D eigenvalue weighted by molar-refractivity contribution is 0.274. The molecule has 0 bridgehead atoms. The monoisotopic (exact) mass is 387 g/mol. The Balaban J connectivity index is 1.71. The average molecular weight is 388 g/mol. The van der Waals surface area contributed by atoms with Gasteiger partial charge in [-0.3, -0.25) is 4.99 Å². The van der Waals surface area contributed by atoms with Crippen molar-refractivity contribution < 1.29 is 0 Å². The summed E-state index contributed by atoms with van der Waals surface area (Å²) in [6.07, 6.45) is 3.56. The molecule has 2 N–H and O–H groups in total. The summed E-state index contributed by atoms with van der Waals surface area (Å²) in [6.45, 7) is 13.6. The van der Waals surface area contributed by atoms with E-state index in [9.17, 15) is 0 Å². The molecule has 5 heteroatoms. The van der Waals surface area contributed by atoms with Gasteiger partial charge in [-0.15, -0.1) is 0 Å². The number of likely N-dealkylation sites (N-methyl/N-ethyl adjacent to an activating group) is 1. The van der Waals surface area contributed by atoms with Crippen LogP contribution in [-0.4, -0.2) is 69.1 Å². The van der Waals surface area contributed by atoms with Crippen molar-refractivity contribution in [2.24, 2.45) is 10.9 Å². The fourth-order valence-corrected chi connectivity index (χ4v) is 3.73. The molecule has 0 saturated carbocycles. The van der Waals surface area contributed by atoms with Gasteiger partial charge < -0.3 is 20.4 Å². The SMILES string of the molecule is CN=C(NCCCN1CCCN(C)CC1)NC(C)c1ccc(CC(C)C)cc1. The van der Waals surface area contributed by atoms with Gasteiger partial charge in [0.2, 0.25) is 0 Å². The molecule has 1 unspecified atom stereocenters. The van der Waals surface area contributed by atoms with Crippen molar-refractivity contribution in [3.63, 3.8) is 0 Å². The number of hydrogen-bond donors (Lipinski definition) is 2. The minimum absolute atomic E-state index is 0.237. The van der Waals surface area contributed by atoms with Gasteiger partial charge in [0.15, 0.2) is 5.96 Å². The second-order valence-electron chi connectivity index (χ2n) is 8.56. The molecule has 0 spiro atoms. The van der Waals surface area contributed by atoms with Gasteiger partial charge in [0.1, 0.15) is 0 Å². The Morgan fingerprint density at radius 3 is 2.50 bits per heavy atom. The van der Waals surface area contributed by atoms with Crippen LogP contribution in [0.15, 0.2) is 29.3 Å². The Morgan fingerprint density at radius 1 is 1.07 bits per heavy atom. The summed E-state index contributed by atoms with van der Waals surface area (Å²) in [4.78, 5) is 9.41. The van der Waals surface area contributed by atoms with Crippen LogP contribution in [0.3, 0.4) is 0 Å². The second-order valence-corrected chi connectivity index (χ2v) is 8.56. The Labute approximate surface area is 172 Å². The molecule has 1 aromatic carbocycles. The predicted molar refractivity (Wildman–Crippen MR) is 121 cm³/mol. The van der Waals surface area contributed by atoms with Crippen LogP contribution < -0.4 is 10.6 Å². The fraction of sp³-hybridized carbons (Fsp3) is 0.696. The highest BCUT2D eigenvalue weighted by atomic mass is 15.2. The zero-order valence-corrected chi connectivity index (χ0v) is 18.7. The van der Waals surface area contributed by atoms with Crippen LogP contribution in [0, 0.1) is 5.92 Å². The highest BCUT2D eigenvalue weighted by molar-refractivity contribution is 5.80. The van der Waals surface area contributed by atoms with Gasteiger partial charge in [-0.05, 0) is 69.9 Å². The Bertz CT molecular complexity index is 581.